The second kappa shape index (κ2) is 7.85. The number of amides is 1. The second-order valence-corrected chi connectivity index (χ2v) is 9.63. The van der Waals surface area contributed by atoms with Crippen molar-refractivity contribution < 1.29 is 13.2 Å². The van der Waals surface area contributed by atoms with Gasteiger partial charge in [0, 0.05) is 30.8 Å². The molecule has 26 heavy (non-hydrogen) atoms. The summed E-state index contributed by atoms with van der Waals surface area (Å²) in [6.45, 7) is 6.87. The number of anilines is 1. The maximum atomic E-state index is 12.3. The molecule has 1 N–H and O–H groups in total. The lowest BCUT2D eigenvalue weighted by Crippen LogP contribution is -2.29. The Bertz CT molecular complexity index is 889. The van der Waals surface area contributed by atoms with Crippen LogP contribution in [-0.2, 0) is 27.6 Å². The van der Waals surface area contributed by atoms with Crippen LogP contribution in [0.4, 0.5) is 5.13 Å². The number of carbonyl (C=O) groups is 1. The number of nitrogens with one attached hydrogen (secondary N) is 1. The number of fused-ring (bicyclic) bond motifs is 1. The Hall–Kier alpha value is -1.77. The lowest BCUT2D eigenvalue weighted by atomic mass is 10.2. The van der Waals surface area contributed by atoms with Crippen LogP contribution in [0.1, 0.15) is 29.5 Å². The molecule has 1 aromatic carbocycles. The Morgan fingerprint density at radius 1 is 1.31 bits per heavy atom. The minimum atomic E-state index is -3.46. The number of hydrogen-bond donors (Lipinski definition) is 1. The summed E-state index contributed by atoms with van der Waals surface area (Å²) >= 11 is 1.48. The monoisotopic (exact) mass is 393 g/mol. The highest BCUT2D eigenvalue weighted by molar-refractivity contribution is 7.91. The number of nitrogens with zero attached hydrogens (tertiary/aromatic N) is 2. The average Bonchev–Trinajstić information content (AvgIpc) is 3.01. The first-order valence-electron chi connectivity index (χ1n) is 8.67. The van der Waals surface area contributed by atoms with E-state index in [2.05, 4.69) is 22.1 Å². The second-order valence-electron chi connectivity index (χ2n) is 6.44. The molecule has 1 aliphatic rings. The molecule has 0 saturated heterocycles. The van der Waals surface area contributed by atoms with E-state index < -0.39 is 9.84 Å². The lowest BCUT2D eigenvalue weighted by Gasteiger charge is -2.23. The molecule has 2 heterocycles. The van der Waals surface area contributed by atoms with E-state index in [1.807, 2.05) is 6.92 Å². The number of aryl methyl sites for hydroxylation is 1. The third-order valence-corrected chi connectivity index (χ3v) is 7.21. The number of rotatable bonds is 6. The van der Waals surface area contributed by atoms with Crippen LogP contribution >= 0.6 is 11.3 Å². The summed E-state index contributed by atoms with van der Waals surface area (Å²) in [4.78, 5) is 20.4. The molecule has 0 atom stereocenters. The first-order valence-corrected chi connectivity index (χ1v) is 11.1. The normalized spacial score (nSPS) is 14.8. The van der Waals surface area contributed by atoms with Crippen LogP contribution in [0.15, 0.2) is 29.2 Å². The summed E-state index contributed by atoms with van der Waals surface area (Å²) in [5.74, 6) is -0.532. The van der Waals surface area contributed by atoms with E-state index >= 15 is 0 Å². The maximum absolute atomic E-state index is 12.3. The number of aromatic nitrogens is 1. The van der Waals surface area contributed by atoms with Gasteiger partial charge in [0.1, 0.15) is 0 Å². The molecule has 1 amide bonds. The average molecular weight is 394 g/mol. The van der Waals surface area contributed by atoms with E-state index in [9.17, 15) is 13.2 Å². The van der Waals surface area contributed by atoms with Gasteiger partial charge in [0.05, 0.1) is 16.3 Å². The highest BCUT2D eigenvalue weighted by Gasteiger charge is 2.21. The summed E-state index contributed by atoms with van der Waals surface area (Å²) in [6, 6.07) is 6.67. The van der Waals surface area contributed by atoms with Crippen LogP contribution < -0.4 is 5.32 Å². The number of thiazole rings is 1. The van der Waals surface area contributed by atoms with Crippen LogP contribution in [0.25, 0.3) is 0 Å². The minimum Gasteiger partial charge on any atom is -0.302 e. The predicted octanol–water partition coefficient (Wildman–Crippen LogP) is 2.63. The third-order valence-electron chi connectivity index (χ3n) is 4.48. The van der Waals surface area contributed by atoms with E-state index in [4.69, 9.17) is 0 Å². The highest BCUT2D eigenvalue weighted by atomic mass is 32.2. The molecule has 6 nitrogen and oxygen atoms in total. The SMILES string of the molecule is CCN1CCc2nc(NC(=O)CCS(=O)(=O)c3ccc(C)cc3)sc2C1. The summed E-state index contributed by atoms with van der Waals surface area (Å²) in [5.41, 5.74) is 2.04. The maximum Gasteiger partial charge on any atom is 0.227 e. The molecule has 0 saturated carbocycles. The van der Waals surface area contributed by atoms with Crippen LogP contribution in [0.2, 0.25) is 0 Å². The van der Waals surface area contributed by atoms with Gasteiger partial charge in [0.25, 0.3) is 0 Å². The zero-order valence-corrected chi connectivity index (χ0v) is 16.6. The van der Waals surface area contributed by atoms with Crippen LogP contribution in [0.3, 0.4) is 0 Å². The fourth-order valence-electron chi connectivity index (χ4n) is 2.84. The van der Waals surface area contributed by atoms with Gasteiger partial charge in [-0.2, -0.15) is 0 Å². The van der Waals surface area contributed by atoms with Crippen molar-refractivity contribution in [3.05, 3.63) is 40.4 Å². The Morgan fingerprint density at radius 3 is 2.73 bits per heavy atom. The van der Waals surface area contributed by atoms with Gasteiger partial charge in [-0.15, -0.1) is 11.3 Å². The summed E-state index contributed by atoms with van der Waals surface area (Å²) < 4.78 is 24.7. The van der Waals surface area contributed by atoms with Gasteiger partial charge >= 0.3 is 0 Å². The van der Waals surface area contributed by atoms with Crippen molar-refractivity contribution in [1.82, 2.24) is 9.88 Å². The van der Waals surface area contributed by atoms with E-state index in [1.165, 1.54) is 16.2 Å². The number of carbonyl (C=O) groups excluding carboxylic acids is 1. The molecule has 0 unspecified atom stereocenters. The largest absolute Gasteiger partial charge is 0.302 e. The first-order chi connectivity index (χ1) is 12.4. The van der Waals surface area contributed by atoms with Gasteiger partial charge in [-0.05, 0) is 25.6 Å². The van der Waals surface area contributed by atoms with E-state index in [-0.39, 0.29) is 23.0 Å². The van der Waals surface area contributed by atoms with Crippen LogP contribution in [0.5, 0.6) is 0 Å². The van der Waals surface area contributed by atoms with Crippen molar-refractivity contribution >= 4 is 32.2 Å². The quantitative estimate of drug-likeness (QED) is 0.816. The molecule has 140 valence electrons. The number of hydrogen-bond acceptors (Lipinski definition) is 6. The molecular formula is C18H23N3O3S2. The molecule has 8 heteroatoms. The zero-order valence-electron chi connectivity index (χ0n) is 15.0. The van der Waals surface area contributed by atoms with Gasteiger partial charge in [0.15, 0.2) is 15.0 Å². The lowest BCUT2D eigenvalue weighted by molar-refractivity contribution is -0.115. The summed E-state index contributed by atoms with van der Waals surface area (Å²) in [5, 5.41) is 3.31. The number of likely N-dealkylation sites (N-methyl/N-ethyl adjacent to an activating group) is 1. The third kappa shape index (κ3) is 4.49. The molecule has 1 aromatic heterocycles. The van der Waals surface area contributed by atoms with Crippen molar-refractivity contribution in [2.24, 2.45) is 0 Å². The van der Waals surface area contributed by atoms with Crippen molar-refractivity contribution in [2.45, 2.75) is 38.1 Å². The van der Waals surface area contributed by atoms with Crippen LogP contribution in [0, 0.1) is 6.92 Å². The fourth-order valence-corrected chi connectivity index (χ4v) is 5.15. The van der Waals surface area contributed by atoms with E-state index in [1.54, 1.807) is 24.3 Å². The molecule has 1 aliphatic heterocycles. The topological polar surface area (TPSA) is 79.4 Å². The molecule has 0 bridgehead atoms. The molecule has 2 aromatic rings. The molecule has 0 radical (unpaired) electrons. The minimum absolute atomic E-state index is 0.0818. The summed E-state index contributed by atoms with van der Waals surface area (Å²) in [6.07, 6.45) is 0.804. The van der Waals surface area contributed by atoms with Crippen molar-refractivity contribution in [3.63, 3.8) is 0 Å². The Labute approximate surface area is 158 Å². The Kier molecular flexibility index (Phi) is 5.74. The highest BCUT2D eigenvalue weighted by Crippen LogP contribution is 2.28. The van der Waals surface area contributed by atoms with Gasteiger partial charge in [0.2, 0.25) is 5.91 Å². The smallest absolute Gasteiger partial charge is 0.227 e. The van der Waals surface area contributed by atoms with Crippen molar-refractivity contribution in [2.75, 3.05) is 24.2 Å². The van der Waals surface area contributed by atoms with Gasteiger partial charge in [-0.25, -0.2) is 13.4 Å². The standard InChI is InChI=1S/C18H23N3O3S2/c1-3-21-10-8-15-16(12-21)25-18(19-15)20-17(22)9-11-26(23,24)14-6-4-13(2)5-7-14/h4-7H,3,8-12H2,1-2H3,(H,19,20,22). The molecule has 0 spiro atoms. The van der Waals surface area contributed by atoms with Gasteiger partial charge < -0.3 is 5.32 Å². The van der Waals surface area contributed by atoms with Gasteiger partial charge in [-0.1, -0.05) is 24.6 Å². The fraction of sp³-hybridized carbons (Fsp3) is 0.444. The Balaban J connectivity index is 1.58. The zero-order chi connectivity index (χ0) is 18.7. The first kappa shape index (κ1) is 19.0. The molecule has 3 rings (SSSR count). The molecular weight excluding hydrogens is 370 g/mol. The number of benzene rings is 1. The Morgan fingerprint density at radius 2 is 2.04 bits per heavy atom. The van der Waals surface area contributed by atoms with Crippen molar-refractivity contribution in [3.8, 4) is 0 Å². The van der Waals surface area contributed by atoms with E-state index in [0.29, 0.717) is 5.13 Å². The number of sulfone groups is 1. The van der Waals surface area contributed by atoms with Crippen molar-refractivity contribution in [1.29, 1.82) is 0 Å². The van der Waals surface area contributed by atoms with Gasteiger partial charge in [-0.3, -0.25) is 9.69 Å². The molecule has 0 aliphatic carbocycles. The predicted molar refractivity (Wildman–Crippen MR) is 103 cm³/mol. The molecule has 0 fully saturated rings. The van der Waals surface area contributed by atoms with Crippen LogP contribution in [-0.4, -0.2) is 43.1 Å². The van der Waals surface area contributed by atoms with E-state index in [0.717, 1.165) is 37.3 Å². The summed E-state index contributed by atoms with van der Waals surface area (Å²) in [7, 11) is -3.46.